The minimum absolute atomic E-state index is 0.290. The molecule has 92 valence electrons. The van der Waals surface area contributed by atoms with Crippen LogP contribution in [-0.4, -0.2) is 24.3 Å². The number of esters is 1. The predicted octanol–water partition coefficient (Wildman–Crippen LogP) is 2.06. The van der Waals surface area contributed by atoms with E-state index < -0.39 is 11.4 Å². The van der Waals surface area contributed by atoms with Gasteiger partial charge >= 0.3 is 5.97 Å². The minimum Gasteiger partial charge on any atom is -0.465 e. The Morgan fingerprint density at radius 2 is 2.12 bits per heavy atom. The van der Waals surface area contributed by atoms with E-state index in [2.05, 4.69) is 6.58 Å². The zero-order valence-corrected chi connectivity index (χ0v) is 10.1. The van der Waals surface area contributed by atoms with Gasteiger partial charge in [-0.3, -0.25) is 4.79 Å². The first-order valence-corrected chi connectivity index (χ1v) is 5.65. The van der Waals surface area contributed by atoms with Crippen LogP contribution in [0.2, 0.25) is 0 Å². The Hall–Kier alpha value is -1.61. The smallest absolute Gasteiger partial charge is 0.319 e. The number of rotatable bonds is 6. The molecule has 1 aromatic rings. The summed E-state index contributed by atoms with van der Waals surface area (Å²) in [5.74, 6) is -0.409. The summed E-state index contributed by atoms with van der Waals surface area (Å²) in [6.45, 7) is 5.40. The van der Waals surface area contributed by atoms with E-state index in [4.69, 9.17) is 4.74 Å². The van der Waals surface area contributed by atoms with E-state index in [0.717, 1.165) is 5.56 Å². The summed E-state index contributed by atoms with van der Waals surface area (Å²) < 4.78 is 5.06. The molecule has 3 nitrogen and oxygen atoms in total. The van der Waals surface area contributed by atoms with Crippen LogP contribution in [0.3, 0.4) is 0 Å². The highest BCUT2D eigenvalue weighted by Gasteiger charge is 2.40. The number of hydrogen-bond donors (Lipinski definition) is 1. The second kappa shape index (κ2) is 6.21. The molecule has 0 radical (unpaired) electrons. The maximum Gasteiger partial charge on any atom is 0.319 e. The standard InChI is InChI=1S/C14H18O3/c1-3-10-14(11-15,13(16)17-4-2)12-8-6-5-7-9-12/h3,5-9,15H,1,4,10-11H2,2H3. The van der Waals surface area contributed by atoms with Crippen molar-refractivity contribution in [2.75, 3.05) is 13.2 Å². The number of carbonyl (C=O) groups excluding carboxylic acids is 1. The van der Waals surface area contributed by atoms with Gasteiger partial charge in [0.1, 0.15) is 5.41 Å². The van der Waals surface area contributed by atoms with E-state index in [1.54, 1.807) is 13.0 Å². The lowest BCUT2D eigenvalue weighted by Gasteiger charge is -2.28. The molecule has 0 amide bonds. The van der Waals surface area contributed by atoms with Gasteiger partial charge in [0.05, 0.1) is 13.2 Å². The van der Waals surface area contributed by atoms with Crippen LogP contribution >= 0.6 is 0 Å². The van der Waals surface area contributed by atoms with Crippen molar-refractivity contribution in [2.45, 2.75) is 18.8 Å². The monoisotopic (exact) mass is 234 g/mol. The van der Waals surface area contributed by atoms with Crippen molar-refractivity contribution in [1.29, 1.82) is 0 Å². The summed E-state index contributed by atoms with van der Waals surface area (Å²) in [6.07, 6.45) is 1.98. The van der Waals surface area contributed by atoms with Gasteiger partial charge in [0, 0.05) is 0 Å². The van der Waals surface area contributed by atoms with E-state index in [9.17, 15) is 9.90 Å². The maximum atomic E-state index is 12.1. The van der Waals surface area contributed by atoms with Gasteiger partial charge in [-0.15, -0.1) is 6.58 Å². The number of aliphatic hydroxyl groups excluding tert-OH is 1. The molecule has 1 aromatic carbocycles. The average Bonchev–Trinajstić information content (AvgIpc) is 2.37. The molecule has 0 bridgehead atoms. The fraction of sp³-hybridized carbons (Fsp3) is 0.357. The molecule has 0 saturated carbocycles. The summed E-state index contributed by atoms with van der Waals surface area (Å²) in [7, 11) is 0. The largest absolute Gasteiger partial charge is 0.465 e. The van der Waals surface area contributed by atoms with Crippen molar-refractivity contribution < 1.29 is 14.6 Å². The van der Waals surface area contributed by atoms with E-state index in [-0.39, 0.29) is 6.61 Å². The first-order valence-electron chi connectivity index (χ1n) is 5.65. The molecule has 1 N–H and O–H groups in total. The molecule has 1 unspecified atom stereocenters. The van der Waals surface area contributed by atoms with Crippen LogP contribution < -0.4 is 0 Å². The molecule has 0 heterocycles. The second-order valence-corrected chi connectivity index (χ2v) is 3.82. The molecule has 1 atom stereocenters. The van der Waals surface area contributed by atoms with Gasteiger partial charge in [0.25, 0.3) is 0 Å². The Labute approximate surface area is 102 Å². The third-order valence-electron chi connectivity index (χ3n) is 2.76. The second-order valence-electron chi connectivity index (χ2n) is 3.82. The Morgan fingerprint density at radius 1 is 1.47 bits per heavy atom. The number of allylic oxidation sites excluding steroid dienone is 1. The number of hydrogen-bond acceptors (Lipinski definition) is 3. The molecule has 3 heteroatoms. The molecule has 0 spiro atoms. The lowest BCUT2D eigenvalue weighted by molar-refractivity contribution is -0.151. The highest BCUT2D eigenvalue weighted by atomic mass is 16.5. The molecule has 0 aromatic heterocycles. The first kappa shape index (κ1) is 13.5. The van der Waals surface area contributed by atoms with Gasteiger partial charge in [-0.05, 0) is 18.9 Å². The third-order valence-corrected chi connectivity index (χ3v) is 2.76. The van der Waals surface area contributed by atoms with Crippen LogP contribution in [0.15, 0.2) is 43.0 Å². The van der Waals surface area contributed by atoms with E-state index in [0.29, 0.717) is 13.0 Å². The summed E-state index contributed by atoms with van der Waals surface area (Å²) in [4.78, 5) is 12.1. The molecule has 0 aliphatic rings. The molecule has 0 aliphatic carbocycles. The van der Waals surface area contributed by atoms with Crippen molar-refractivity contribution in [3.05, 3.63) is 48.6 Å². The van der Waals surface area contributed by atoms with Gasteiger partial charge in [0.15, 0.2) is 0 Å². The molecular formula is C14H18O3. The first-order chi connectivity index (χ1) is 8.21. The fourth-order valence-corrected chi connectivity index (χ4v) is 1.81. The van der Waals surface area contributed by atoms with Crippen molar-refractivity contribution in [3.63, 3.8) is 0 Å². The highest BCUT2D eigenvalue weighted by molar-refractivity contribution is 5.83. The average molecular weight is 234 g/mol. The van der Waals surface area contributed by atoms with Crippen LogP contribution in [-0.2, 0) is 14.9 Å². The molecule has 0 aliphatic heterocycles. The van der Waals surface area contributed by atoms with E-state index in [1.165, 1.54) is 0 Å². The third kappa shape index (κ3) is 2.74. The Bertz CT molecular complexity index is 372. The number of aliphatic hydroxyl groups is 1. The molecule has 1 rings (SSSR count). The maximum absolute atomic E-state index is 12.1. The van der Waals surface area contributed by atoms with Gasteiger partial charge in [0.2, 0.25) is 0 Å². The van der Waals surface area contributed by atoms with E-state index >= 15 is 0 Å². The minimum atomic E-state index is -1.03. The zero-order valence-electron chi connectivity index (χ0n) is 10.1. The quantitative estimate of drug-likeness (QED) is 0.605. The topological polar surface area (TPSA) is 46.5 Å². The summed E-state index contributed by atoms with van der Waals surface area (Å²) in [5.41, 5.74) is -0.278. The molecular weight excluding hydrogens is 216 g/mol. The van der Waals surface area contributed by atoms with Gasteiger partial charge in [-0.25, -0.2) is 0 Å². The van der Waals surface area contributed by atoms with E-state index in [1.807, 2.05) is 30.3 Å². The van der Waals surface area contributed by atoms with Crippen LogP contribution in [0.25, 0.3) is 0 Å². The summed E-state index contributed by atoms with van der Waals surface area (Å²) in [5, 5.41) is 9.61. The van der Waals surface area contributed by atoms with Crippen LogP contribution in [0.1, 0.15) is 18.9 Å². The molecule has 0 fully saturated rings. The zero-order chi connectivity index (χ0) is 12.7. The Morgan fingerprint density at radius 3 is 2.59 bits per heavy atom. The lowest BCUT2D eigenvalue weighted by Crippen LogP contribution is -2.40. The summed E-state index contributed by atoms with van der Waals surface area (Å²) in [6, 6.07) is 9.17. The van der Waals surface area contributed by atoms with Crippen molar-refractivity contribution >= 4 is 5.97 Å². The predicted molar refractivity (Wildman–Crippen MR) is 66.7 cm³/mol. The SMILES string of the molecule is C=CCC(CO)(C(=O)OCC)c1ccccc1. The van der Waals surface area contributed by atoms with Crippen LogP contribution in [0.4, 0.5) is 0 Å². The number of benzene rings is 1. The molecule has 0 saturated heterocycles. The Balaban J connectivity index is 3.17. The van der Waals surface area contributed by atoms with Gasteiger partial charge in [-0.2, -0.15) is 0 Å². The number of carbonyl (C=O) groups is 1. The Kier molecular flexibility index (Phi) is 4.91. The van der Waals surface area contributed by atoms with Crippen molar-refractivity contribution in [1.82, 2.24) is 0 Å². The lowest BCUT2D eigenvalue weighted by atomic mass is 9.78. The van der Waals surface area contributed by atoms with Crippen molar-refractivity contribution in [2.24, 2.45) is 0 Å². The van der Waals surface area contributed by atoms with Gasteiger partial charge in [-0.1, -0.05) is 36.4 Å². The van der Waals surface area contributed by atoms with Crippen molar-refractivity contribution in [3.8, 4) is 0 Å². The highest BCUT2D eigenvalue weighted by Crippen LogP contribution is 2.29. The number of ether oxygens (including phenoxy) is 1. The fourth-order valence-electron chi connectivity index (χ4n) is 1.81. The normalized spacial score (nSPS) is 13.8. The summed E-state index contributed by atoms with van der Waals surface area (Å²) >= 11 is 0. The van der Waals surface area contributed by atoms with Crippen LogP contribution in [0, 0.1) is 0 Å². The molecule has 17 heavy (non-hydrogen) atoms. The van der Waals surface area contributed by atoms with Gasteiger partial charge < -0.3 is 9.84 Å². The van der Waals surface area contributed by atoms with Crippen LogP contribution in [0.5, 0.6) is 0 Å².